The molecule has 1 aromatic carbocycles. The highest BCUT2D eigenvalue weighted by Gasteiger charge is 2.30. The molecule has 0 bridgehead atoms. The summed E-state index contributed by atoms with van der Waals surface area (Å²) in [5.74, 6) is -1.17. The normalized spacial score (nSPS) is 23.3. The average molecular weight is 392 g/mol. The molecular weight excluding hydrogens is 372 g/mol. The van der Waals surface area contributed by atoms with E-state index in [0.717, 1.165) is 12.6 Å². The van der Waals surface area contributed by atoms with Crippen LogP contribution in [-0.2, 0) is 9.59 Å². The lowest BCUT2D eigenvalue weighted by Gasteiger charge is -2.33. The van der Waals surface area contributed by atoms with Gasteiger partial charge < -0.3 is 15.5 Å². The highest BCUT2D eigenvalue weighted by molar-refractivity contribution is 8.00. The second kappa shape index (κ2) is 8.82. The molecule has 2 saturated heterocycles. The topological polar surface area (TPSA) is 61.4 Å². The van der Waals surface area contributed by atoms with Crippen LogP contribution in [0.4, 0.5) is 8.78 Å². The molecule has 2 fully saturated rings. The molecule has 0 aromatic heterocycles. The SMILES string of the molecule is Cl.O=C(CN1CSCC1=O)NC1CNCCC1c1ccc(F)c(F)c1. The van der Waals surface area contributed by atoms with E-state index in [9.17, 15) is 18.4 Å². The Balaban J connectivity index is 0.00000225. The van der Waals surface area contributed by atoms with Crippen molar-refractivity contribution in [1.29, 1.82) is 0 Å². The molecule has 5 nitrogen and oxygen atoms in total. The number of hydrogen-bond acceptors (Lipinski definition) is 4. The Morgan fingerprint density at radius 2 is 2.16 bits per heavy atom. The zero-order valence-electron chi connectivity index (χ0n) is 13.5. The summed E-state index contributed by atoms with van der Waals surface area (Å²) in [6.45, 7) is 1.34. The van der Waals surface area contributed by atoms with E-state index in [0.29, 0.717) is 30.2 Å². The van der Waals surface area contributed by atoms with Crippen molar-refractivity contribution in [1.82, 2.24) is 15.5 Å². The van der Waals surface area contributed by atoms with Crippen LogP contribution in [-0.4, -0.2) is 54.0 Å². The summed E-state index contributed by atoms with van der Waals surface area (Å²) in [4.78, 5) is 25.3. The van der Waals surface area contributed by atoms with Gasteiger partial charge >= 0.3 is 0 Å². The molecule has 0 aliphatic carbocycles. The summed E-state index contributed by atoms with van der Waals surface area (Å²) in [6.07, 6.45) is 0.717. The molecule has 138 valence electrons. The Labute approximate surface area is 155 Å². The second-order valence-corrected chi connectivity index (χ2v) is 6.97. The van der Waals surface area contributed by atoms with Crippen molar-refractivity contribution in [2.24, 2.45) is 0 Å². The van der Waals surface area contributed by atoms with Crippen LogP contribution in [0.1, 0.15) is 17.9 Å². The van der Waals surface area contributed by atoms with Gasteiger partial charge in [0.05, 0.1) is 11.6 Å². The number of benzene rings is 1. The van der Waals surface area contributed by atoms with Crippen LogP contribution in [0.2, 0.25) is 0 Å². The van der Waals surface area contributed by atoms with Gasteiger partial charge in [0.1, 0.15) is 6.54 Å². The van der Waals surface area contributed by atoms with Crippen LogP contribution in [0.15, 0.2) is 18.2 Å². The van der Waals surface area contributed by atoms with Gasteiger partial charge in [0.15, 0.2) is 11.6 Å². The van der Waals surface area contributed by atoms with Crippen LogP contribution in [0.3, 0.4) is 0 Å². The maximum Gasteiger partial charge on any atom is 0.239 e. The van der Waals surface area contributed by atoms with Crippen molar-refractivity contribution >= 4 is 36.0 Å². The van der Waals surface area contributed by atoms with Gasteiger partial charge in [-0.3, -0.25) is 9.59 Å². The molecule has 2 aliphatic heterocycles. The van der Waals surface area contributed by atoms with Gasteiger partial charge in [-0.05, 0) is 30.7 Å². The third-order valence-electron chi connectivity index (χ3n) is 4.36. The second-order valence-electron chi connectivity index (χ2n) is 6.02. The number of nitrogens with zero attached hydrogens (tertiary/aromatic N) is 1. The number of nitrogens with one attached hydrogen (secondary N) is 2. The van der Waals surface area contributed by atoms with E-state index in [2.05, 4.69) is 10.6 Å². The monoisotopic (exact) mass is 391 g/mol. The van der Waals surface area contributed by atoms with Gasteiger partial charge in [0, 0.05) is 18.5 Å². The third-order valence-corrected chi connectivity index (χ3v) is 5.31. The predicted molar refractivity (Wildman–Crippen MR) is 94.8 cm³/mol. The van der Waals surface area contributed by atoms with Crippen LogP contribution in [0.25, 0.3) is 0 Å². The zero-order chi connectivity index (χ0) is 17.1. The number of carbonyl (C=O) groups excluding carboxylic acids is 2. The molecule has 1 aromatic rings. The molecule has 2 unspecified atom stereocenters. The van der Waals surface area contributed by atoms with E-state index in [1.165, 1.54) is 22.7 Å². The van der Waals surface area contributed by atoms with Crippen molar-refractivity contribution in [3.63, 3.8) is 0 Å². The van der Waals surface area contributed by atoms with Crippen LogP contribution in [0.5, 0.6) is 0 Å². The standard InChI is InChI=1S/C16H19F2N3O2S.ClH/c17-12-2-1-10(5-13(12)18)11-3-4-19-6-14(11)20-15(22)7-21-9-24-8-16(21)23;/h1-2,5,11,14,19H,3-4,6-9H2,(H,20,22);1H. The van der Waals surface area contributed by atoms with E-state index < -0.39 is 11.6 Å². The molecule has 3 rings (SSSR count). The van der Waals surface area contributed by atoms with Crippen LogP contribution in [0, 0.1) is 11.6 Å². The summed E-state index contributed by atoms with van der Waals surface area (Å²) < 4.78 is 26.7. The average Bonchev–Trinajstić information content (AvgIpc) is 2.95. The summed E-state index contributed by atoms with van der Waals surface area (Å²) in [5.41, 5.74) is 0.675. The zero-order valence-corrected chi connectivity index (χ0v) is 15.1. The first-order chi connectivity index (χ1) is 11.5. The molecule has 2 aliphatic rings. The fourth-order valence-electron chi connectivity index (χ4n) is 3.12. The molecular formula is C16H20ClF2N3O2S. The van der Waals surface area contributed by atoms with Crippen LogP contribution < -0.4 is 10.6 Å². The van der Waals surface area contributed by atoms with E-state index in [1.807, 2.05) is 0 Å². The molecule has 2 N–H and O–H groups in total. The Kier molecular flexibility index (Phi) is 7.04. The van der Waals surface area contributed by atoms with E-state index in [1.54, 1.807) is 6.07 Å². The number of carbonyl (C=O) groups is 2. The molecule has 9 heteroatoms. The lowest BCUT2D eigenvalue weighted by molar-refractivity contribution is -0.132. The highest BCUT2D eigenvalue weighted by atomic mass is 35.5. The molecule has 2 amide bonds. The van der Waals surface area contributed by atoms with Gasteiger partial charge in [-0.1, -0.05) is 6.07 Å². The Bertz CT molecular complexity index is 650. The van der Waals surface area contributed by atoms with Crippen molar-refractivity contribution in [2.45, 2.75) is 18.4 Å². The van der Waals surface area contributed by atoms with Crippen molar-refractivity contribution in [2.75, 3.05) is 31.3 Å². The quantitative estimate of drug-likeness (QED) is 0.816. The first-order valence-electron chi connectivity index (χ1n) is 7.85. The molecule has 2 heterocycles. The molecule has 0 spiro atoms. The number of piperidine rings is 1. The lowest BCUT2D eigenvalue weighted by Crippen LogP contribution is -2.52. The minimum atomic E-state index is -0.879. The van der Waals surface area contributed by atoms with E-state index in [-0.39, 0.29) is 42.7 Å². The smallest absolute Gasteiger partial charge is 0.239 e. The van der Waals surface area contributed by atoms with Gasteiger partial charge in [-0.25, -0.2) is 8.78 Å². The number of hydrogen-bond donors (Lipinski definition) is 2. The van der Waals surface area contributed by atoms with Gasteiger partial charge in [-0.15, -0.1) is 24.2 Å². The predicted octanol–water partition coefficient (Wildman–Crippen LogP) is 1.48. The highest BCUT2D eigenvalue weighted by Crippen LogP contribution is 2.27. The van der Waals surface area contributed by atoms with Crippen LogP contribution >= 0.6 is 24.2 Å². The van der Waals surface area contributed by atoms with E-state index >= 15 is 0 Å². The van der Waals surface area contributed by atoms with Gasteiger partial charge in [0.25, 0.3) is 0 Å². The Morgan fingerprint density at radius 1 is 1.36 bits per heavy atom. The largest absolute Gasteiger partial charge is 0.350 e. The summed E-state index contributed by atoms with van der Waals surface area (Å²) in [5, 5.41) is 6.13. The Morgan fingerprint density at radius 3 is 2.84 bits per heavy atom. The number of halogens is 3. The lowest BCUT2D eigenvalue weighted by atomic mass is 9.86. The summed E-state index contributed by atoms with van der Waals surface area (Å²) >= 11 is 1.49. The number of thioether (sulfide) groups is 1. The first kappa shape index (κ1) is 19.9. The van der Waals surface area contributed by atoms with Gasteiger partial charge in [-0.2, -0.15) is 0 Å². The van der Waals surface area contributed by atoms with Crippen molar-refractivity contribution < 1.29 is 18.4 Å². The fourth-order valence-corrected chi connectivity index (χ4v) is 4.02. The number of amides is 2. The van der Waals surface area contributed by atoms with Crippen molar-refractivity contribution in [3.8, 4) is 0 Å². The minimum Gasteiger partial charge on any atom is -0.350 e. The summed E-state index contributed by atoms with van der Waals surface area (Å²) in [6, 6.07) is 3.66. The molecule has 0 saturated carbocycles. The molecule has 25 heavy (non-hydrogen) atoms. The minimum absolute atomic E-state index is 0. The fraction of sp³-hybridized carbons (Fsp3) is 0.500. The van der Waals surface area contributed by atoms with Gasteiger partial charge in [0.2, 0.25) is 11.8 Å². The Hall–Kier alpha value is -1.38. The molecule has 2 atom stereocenters. The van der Waals surface area contributed by atoms with E-state index in [4.69, 9.17) is 0 Å². The first-order valence-corrected chi connectivity index (χ1v) is 9.00. The third kappa shape index (κ3) is 4.83. The number of rotatable bonds is 4. The molecule has 0 radical (unpaired) electrons. The maximum absolute atomic E-state index is 13.5. The van der Waals surface area contributed by atoms with Crippen molar-refractivity contribution in [3.05, 3.63) is 35.4 Å². The summed E-state index contributed by atoms with van der Waals surface area (Å²) in [7, 11) is 0. The maximum atomic E-state index is 13.5.